The summed E-state index contributed by atoms with van der Waals surface area (Å²) in [4.78, 5) is 0. The zero-order valence-electron chi connectivity index (χ0n) is 11.9. The van der Waals surface area contributed by atoms with Crippen LogP contribution in [0.2, 0.25) is 5.02 Å². The topological polar surface area (TPSA) is 63.9 Å². The lowest BCUT2D eigenvalue weighted by Gasteiger charge is -2.13. The van der Waals surface area contributed by atoms with Crippen molar-refractivity contribution in [1.29, 1.82) is 0 Å². The minimum Gasteiger partial charge on any atom is -0.493 e. The molecule has 1 aromatic carbocycles. The van der Waals surface area contributed by atoms with Gasteiger partial charge in [0.05, 0.1) is 25.5 Å². The van der Waals surface area contributed by atoms with E-state index in [-0.39, 0.29) is 0 Å². The van der Waals surface area contributed by atoms with Crippen LogP contribution >= 0.6 is 11.6 Å². The van der Waals surface area contributed by atoms with E-state index < -0.39 is 6.10 Å². The Morgan fingerprint density at radius 2 is 2.14 bits per heavy atom. The quantitative estimate of drug-likeness (QED) is 0.823. The maximum absolute atomic E-state index is 9.90. The molecule has 1 atom stereocenters. The summed E-state index contributed by atoms with van der Waals surface area (Å²) in [6, 6.07) is 7.12. The van der Waals surface area contributed by atoms with Crippen molar-refractivity contribution in [2.24, 2.45) is 0 Å². The molecule has 6 heteroatoms. The van der Waals surface area contributed by atoms with Crippen LogP contribution in [0, 0.1) is 0 Å². The number of ether oxygens (including phenoxy) is 2. The highest BCUT2D eigenvalue weighted by Crippen LogP contribution is 2.35. The molecule has 0 aliphatic rings. The fourth-order valence-corrected chi connectivity index (χ4v) is 2.32. The second-order valence-corrected chi connectivity index (χ2v) is 4.88. The predicted molar refractivity (Wildman–Crippen MR) is 79.9 cm³/mol. The molecule has 2 aromatic rings. The van der Waals surface area contributed by atoms with Gasteiger partial charge in [0, 0.05) is 13.1 Å². The van der Waals surface area contributed by atoms with Crippen molar-refractivity contribution in [3.05, 3.63) is 46.9 Å². The first-order chi connectivity index (χ1) is 10.2. The molecule has 1 aromatic heterocycles. The fourth-order valence-electron chi connectivity index (χ4n) is 2.01. The van der Waals surface area contributed by atoms with Crippen LogP contribution in [0.1, 0.15) is 17.4 Å². The van der Waals surface area contributed by atoms with E-state index in [2.05, 4.69) is 5.32 Å². The van der Waals surface area contributed by atoms with Crippen LogP contribution in [0.15, 0.2) is 34.9 Å². The van der Waals surface area contributed by atoms with Gasteiger partial charge in [0.1, 0.15) is 11.9 Å². The summed E-state index contributed by atoms with van der Waals surface area (Å²) in [6.07, 6.45) is 0.850. The number of furan rings is 1. The molecule has 2 N–H and O–H groups in total. The van der Waals surface area contributed by atoms with Crippen LogP contribution in [0.25, 0.3) is 0 Å². The first-order valence-electron chi connectivity index (χ1n) is 6.48. The monoisotopic (exact) mass is 311 g/mol. The van der Waals surface area contributed by atoms with Crippen LogP contribution in [0.3, 0.4) is 0 Å². The molecule has 1 heterocycles. The molecule has 0 saturated heterocycles. The first-order valence-corrected chi connectivity index (χ1v) is 6.86. The molecule has 0 amide bonds. The van der Waals surface area contributed by atoms with Crippen molar-refractivity contribution >= 4 is 11.6 Å². The Bertz CT molecular complexity index is 571. The Kier molecular flexibility index (Phi) is 5.50. The van der Waals surface area contributed by atoms with Gasteiger partial charge in [-0.05, 0) is 29.8 Å². The summed E-state index contributed by atoms with van der Waals surface area (Å²) in [5.41, 5.74) is 0.935. The molecule has 114 valence electrons. The van der Waals surface area contributed by atoms with Crippen molar-refractivity contribution in [3.63, 3.8) is 0 Å². The molecule has 21 heavy (non-hydrogen) atoms. The van der Waals surface area contributed by atoms with E-state index in [1.165, 1.54) is 6.26 Å². The molecular weight excluding hydrogens is 294 g/mol. The van der Waals surface area contributed by atoms with Crippen LogP contribution in [-0.2, 0) is 6.54 Å². The number of nitrogens with one attached hydrogen (secondary N) is 1. The van der Waals surface area contributed by atoms with E-state index in [1.807, 2.05) is 6.07 Å². The number of aliphatic hydroxyl groups is 1. The minimum absolute atomic E-state index is 0.374. The van der Waals surface area contributed by atoms with Gasteiger partial charge >= 0.3 is 0 Å². The lowest BCUT2D eigenvalue weighted by atomic mass is 10.2. The molecular formula is C15H18ClNO4. The summed E-state index contributed by atoms with van der Waals surface area (Å²) in [5.74, 6) is 1.62. The normalized spacial score (nSPS) is 12.2. The molecule has 0 saturated carbocycles. The maximum Gasteiger partial charge on any atom is 0.179 e. The van der Waals surface area contributed by atoms with Crippen LogP contribution in [-0.4, -0.2) is 25.9 Å². The van der Waals surface area contributed by atoms with Gasteiger partial charge in [-0.15, -0.1) is 0 Å². The molecule has 0 aliphatic carbocycles. The SMILES string of the molecule is COc1cc(CNCC(O)c2ccco2)cc(Cl)c1OC. The van der Waals surface area contributed by atoms with E-state index in [4.69, 9.17) is 25.5 Å². The van der Waals surface area contributed by atoms with E-state index >= 15 is 0 Å². The average Bonchev–Trinajstić information content (AvgIpc) is 3.00. The molecule has 5 nitrogen and oxygen atoms in total. The Morgan fingerprint density at radius 3 is 2.76 bits per heavy atom. The Labute approximate surface area is 128 Å². The second-order valence-electron chi connectivity index (χ2n) is 4.48. The standard InChI is InChI=1S/C15H18ClNO4/c1-19-14-7-10(6-11(16)15(14)20-2)8-17-9-12(18)13-4-3-5-21-13/h3-7,12,17-18H,8-9H2,1-2H3. The van der Waals surface area contributed by atoms with Gasteiger partial charge in [-0.1, -0.05) is 11.6 Å². The van der Waals surface area contributed by atoms with Crippen molar-refractivity contribution < 1.29 is 19.0 Å². The van der Waals surface area contributed by atoms with Gasteiger partial charge in [-0.3, -0.25) is 0 Å². The van der Waals surface area contributed by atoms with Gasteiger partial charge in [-0.2, -0.15) is 0 Å². The van der Waals surface area contributed by atoms with Gasteiger partial charge < -0.3 is 24.3 Å². The van der Waals surface area contributed by atoms with Gasteiger partial charge in [-0.25, -0.2) is 0 Å². The number of rotatable bonds is 7. The minimum atomic E-state index is -0.685. The number of hydrogen-bond acceptors (Lipinski definition) is 5. The lowest BCUT2D eigenvalue weighted by molar-refractivity contribution is 0.147. The van der Waals surface area contributed by atoms with E-state index in [0.29, 0.717) is 35.4 Å². The van der Waals surface area contributed by atoms with Crippen molar-refractivity contribution in [3.8, 4) is 11.5 Å². The maximum atomic E-state index is 9.90. The summed E-state index contributed by atoms with van der Waals surface area (Å²) in [6.45, 7) is 0.914. The fraction of sp³-hybridized carbons (Fsp3) is 0.333. The Morgan fingerprint density at radius 1 is 1.33 bits per heavy atom. The summed E-state index contributed by atoms with van der Waals surface area (Å²) < 4.78 is 15.6. The van der Waals surface area contributed by atoms with Crippen LogP contribution in [0.4, 0.5) is 0 Å². The summed E-state index contributed by atoms with van der Waals surface area (Å²) in [7, 11) is 3.10. The number of benzene rings is 1. The highest BCUT2D eigenvalue weighted by molar-refractivity contribution is 6.32. The number of hydrogen-bond donors (Lipinski definition) is 2. The summed E-state index contributed by atoms with van der Waals surface area (Å²) >= 11 is 6.14. The highest BCUT2D eigenvalue weighted by atomic mass is 35.5. The van der Waals surface area contributed by atoms with Crippen molar-refractivity contribution in [2.75, 3.05) is 20.8 Å². The highest BCUT2D eigenvalue weighted by Gasteiger charge is 2.12. The first kappa shape index (κ1) is 15.7. The molecule has 2 rings (SSSR count). The number of halogens is 1. The third kappa shape index (κ3) is 3.91. The van der Waals surface area contributed by atoms with E-state index in [1.54, 1.807) is 32.4 Å². The van der Waals surface area contributed by atoms with Crippen molar-refractivity contribution in [2.45, 2.75) is 12.6 Å². The summed E-state index contributed by atoms with van der Waals surface area (Å²) in [5, 5.41) is 13.5. The Hall–Kier alpha value is -1.69. The van der Waals surface area contributed by atoms with Gasteiger partial charge in [0.15, 0.2) is 11.5 Å². The lowest BCUT2D eigenvalue weighted by Crippen LogP contribution is -2.20. The number of methoxy groups -OCH3 is 2. The molecule has 0 radical (unpaired) electrons. The smallest absolute Gasteiger partial charge is 0.179 e. The average molecular weight is 312 g/mol. The van der Waals surface area contributed by atoms with Crippen LogP contribution < -0.4 is 14.8 Å². The zero-order chi connectivity index (χ0) is 15.2. The third-order valence-corrected chi connectivity index (χ3v) is 3.31. The molecule has 0 fully saturated rings. The Balaban J connectivity index is 1.96. The second kappa shape index (κ2) is 7.36. The zero-order valence-corrected chi connectivity index (χ0v) is 12.7. The van der Waals surface area contributed by atoms with E-state index in [0.717, 1.165) is 5.56 Å². The number of aliphatic hydroxyl groups excluding tert-OH is 1. The third-order valence-electron chi connectivity index (χ3n) is 3.03. The van der Waals surface area contributed by atoms with E-state index in [9.17, 15) is 5.11 Å². The molecule has 0 aliphatic heterocycles. The van der Waals surface area contributed by atoms with Gasteiger partial charge in [0.2, 0.25) is 0 Å². The molecule has 1 unspecified atom stereocenters. The molecule has 0 spiro atoms. The van der Waals surface area contributed by atoms with Crippen LogP contribution in [0.5, 0.6) is 11.5 Å². The molecule has 0 bridgehead atoms. The van der Waals surface area contributed by atoms with Gasteiger partial charge in [0.25, 0.3) is 0 Å². The largest absolute Gasteiger partial charge is 0.493 e. The van der Waals surface area contributed by atoms with Crippen molar-refractivity contribution in [1.82, 2.24) is 5.32 Å². The predicted octanol–water partition coefficient (Wildman–Crippen LogP) is 2.77.